The first-order valence-electron chi connectivity index (χ1n) is 5.58. The molecule has 92 valence electrons. The quantitative estimate of drug-likeness (QED) is 0.882. The topological polar surface area (TPSA) is 55.1 Å². The fraction of sp³-hybridized carbons (Fsp3) is 0.417. The summed E-state index contributed by atoms with van der Waals surface area (Å²) in [7, 11) is 0. The van der Waals surface area contributed by atoms with Crippen molar-refractivity contribution >= 4 is 27.5 Å². The van der Waals surface area contributed by atoms with E-state index in [2.05, 4.69) is 21.2 Å². The Morgan fingerprint density at radius 1 is 1.47 bits per heavy atom. The second-order valence-corrected chi connectivity index (χ2v) is 5.30. The molecular weight excluding hydrogens is 287 g/mol. The van der Waals surface area contributed by atoms with Crippen LogP contribution in [0.5, 0.6) is 0 Å². The number of benzene rings is 1. The van der Waals surface area contributed by atoms with E-state index in [1.807, 2.05) is 0 Å². The maximum Gasteiger partial charge on any atom is 0.227 e. The van der Waals surface area contributed by atoms with Crippen molar-refractivity contribution in [1.29, 1.82) is 0 Å². The fourth-order valence-electron chi connectivity index (χ4n) is 2.08. The average molecular weight is 301 g/mol. The highest BCUT2D eigenvalue weighted by molar-refractivity contribution is 9.10. The molecule has 0 heterocycles. The molecule has 1 aliphatic rings. The van der Waals surface area contributed by atoms with Crippen LogP contribution in [0.25, 0.3) is 0 Å². The van der Waals surface area contributed by atoms with Gasteiger partial charge in [-0.15, -0.1) is 0 Å². The molecule has 2 rings (SSSR count). The normalized spacial score (nSPS) is 23.7. The molecule has 1 fully saturated rings. The van der Waals surface area contributed by atoms with Crippen molar-refractivity contribution in [1.82, 2.24) is 0 Å². The molecule has 0 spiro atoms. The molecule has 3 nitrogen and oxygen atoms in total. The molecule has 1 saturated carbocycles. The Kier molecular flexibility index (Phi) is 3.79. The van der Waals surface area contributed by atoms with Gasteiger partial charge in [-0.25, -0.2) is 4.39 Å². The molecule has 0 radical (unpaired) electrons. The van der Waals surface area contributed by atoms with Gasteiger partial charge >= 0.3 is 0 Å². The van der Waals surface area contributed by atoms with Gasteiger partial charge in [0.05, 0.1) is 5.69 Å². The second kappa shape index (κ2) is 5.14. The van der Waals surface area contributed by atoms with E-state index < -0.39 is 5.82 Å². The number of nitrogens with two attached hydrogens (primary N) is 1. The first kappa shape index (κ1) is 12.5. The predicted octanol–water partition coefficient (Wildman–Crippen LogP) is 2.65. The van der Waals surface area contributed by atoms with Gasteiger partial charge in [0.1, 0.15) is 5.82 Å². The van der Waals surface area contributed by atoms with Crippen LogP contribution in [0.4, 0.5) is 10.1 Å². The lowest BCUT2D eigenvalue weighted by Crippen LogP contribution is -2.23. The number of rotatable bonds is 2. The zero-order valence-corrected chi connectivity index (χ0v) is 10.8. The van der Waals surface area contributed by atoms with E-state index in [4.69, 9.17) is 5.73 Å². The predicted molar refractivity (Wildman–Crippen MR) is 68.0 cm³/mol. The molecule has 2 atom stereocenters. The van der Waals surface area contributed by atoms with Gasteiger partial charge in [-0.3, -0.25) is 4.79 Å². The number of carbonyl (C=O) groups is 1. The van der Waals surface area contributed by atoms with E-state index in [0.29, 0.717) is 10.9 Å². The Morgan fingerprint density at radius 2 is 2.24 bits per heavy atom. The second-order valence-electron chi connectivity index (χ2n) is 4.38. The first-order valence-corrected chi connectivity index (χ1v) is 6.37. The standard InChI is InChI=1S/C12H14BrFN2O/c13-8-2-4-11(10(14)6-8)16-12(17)7-1-3-9(15)5-7/h2,4,6-7,9H,1,3,5,15H2,(H,16,17). The molecule has 5 heteroatoms. The van der Waals surface area contributed by atoms with Gasteiger partial charge in [0.2, 0.25) is 5.91 Å². The van der Waals surface area contributed by atoms with Crippen LogP contribution in [-0.2, 0) is 4.79 Å². The summed E-state index contributed by atoms with van der Waals surface area (Å²) in [5, 5.41) is 2.61. The van der Waals surface area contributed by atoms with Gasteiger partial charge < -0.3 is 11.1 Å². The Balaban J connectivity index is 2.03. The number of anilines is 1. The highest BCUT2D eigenvalue weighted by Crippen LogP contribution is 2.26. The van der Waals surface area contributed by atoms with Crippen molar-refractivity contribution < 1.29 is 9.18 Å². The van der Waals surface area contributed by atoms with Crippen molar-refractivity contribution in [2.45, 2.75) is 25.3 Å². The van der Waals surface area contributed by atoms with E-state index >= 15 is 0 Å². The van der Waals surface area contributed by atoms with Crippen LogP contribution in [0.3, 0.4) is 0 Å². The van der Waals surface area contributed by atoms with E-state index in [1.54, 1.807) is 12.1 Å². The van der Waals surface area contributed by atoms with Crippen LogP contribution >= 0.6 is 15.9 Å². The van der Waals surface area contributed by atoms with Crippen LogP contribution in [0.15, 0.2) is 22.7 Å². The number of nitrogens with one attached hydrogen (secondary N) is 1. The number of carbonyl (C=O) groups excluding carboxylic acids is 1. The average Bonchev–Trinajstić information content (AvgIpc) is 2.69. The molecular formula is C12H14BrFN2O. The van der Waals surface area contributed by atoms with E-state index in [-0.39, 0.29) is 23.6 Å². The van der Waals surface area contributed by atoms with Gasteiger partial charge in [0.25, 0.3) is 0 Å². The first-order chi connectivity index (χ1) is 8.06. The van der Waals surface area contributed by atoms with Crippen LogP contribution in [0, 0.1) is 11.7 Å². The summed E-state index contributed by atoms with van der Waals surface area (Å²) in [6.07, 6.45) is 2.33. The van der Waals surface area contributed by atoms with Crippen molar-refractivity contribution in [3.63, 3.8) is 0 Å². The van der Waals surface area contributed by atoms with Gasteiger partial charge in [-0.2, -0.15) is 0 Å². The highest BCUT2D eigenvalue weighted by atomic mass is 79.9. The SMILES string of the molecule is NC1CCC(C(=O)Nc2ccc(Br)cc2F)C1. The van der Waals surface area contributed by atoms with Gasteiger partial charge in [-0.1, -0.05) is 15.9 Å². The summed E-state index contributed by atoms with van der Waals surface area (Å²) in [5.74, 6) is -0.665. The summed E-state index contributed by atoms with van der Waals surface area (Å²) < 4.78 is 14.2. The van der Waals surface area contributed by atoms with E-state index in [1.165, 1.54) is 6.07 Å². The fourth-order valence-corrected chi connectivity index (χ4v) is 2.41. The minimum absolute atomic E-state index is 0.0898. The summed E-state index contributed by atoms with van der Waals surface area (Å²) in [4.78, 5) is 11.9. The smallest absolute Gasteiger partial charge is 0.227 e. The maximum atomic E-state index is 13.5. The van der Waals surface area contributed by atoms with Crippen molar-refractivity contribution in [3.8, 4) is 0 Å². The van der Waals surface area contributed by atoms with Crippen LogP contribution in [0.2, 0.25) is 0 Å². The summed E-state index contributed by atoms with van der Waals surface area (Å²) in [6, 6.07) is 4.67. The lowest BCUT2D eigenvalue weighted by molar-refractivity contribution is -0.119. The molecule has 17 heavy (non-hydrogen) atoms. The zero-order chi connectivity index (χ0) is 12.4. The number of halogens is 2. The third kappa shape index (κ3) is 3.04. The lowest BCUT2D eigenvalue weighted by atomic mass is 10.1. The Hall–Kier alpha value is -0.940. The van der Waals surface area contributed by atoms with Gasteiger partial charge in [-0.05, 0) is 37.5 Å². The largest absolute Gasteiger partial charge is 0.328 e. The molecule has 1 aliphatic carbocycles. The monoisotopic (exact) mass is 300 g/mol. The zero-order valence-electron chi connectivity index (χ0n) is 9.25. The Bertz CT molecular complexity index is 439. The molecule has 3 N–H and O–H groups in total. The summed E-state index contributed by atoms with van der Waals surface area (Å²) in [5.41, 5.74) is 5.97. The third-order valence-corrected chi connectivity index (χ3v) is 3.53. The Morgan fingerprint density at radius 3 is 2.82 bits per heavy atom. The molecule has 0 saturated heterocycles. The lowest BCUT2D eigenvalue weighted by Gasteiger charge is -2.11. The molecule has 0 bridgehead atoms. The molecule has 0 aromatic heterocycles. The van der Waals surface area contributed by atoms with E-state index in [0.717, 1.165) is 12.8 Å². The molecule has 2 unspecified atom stereocenters. The van der Waals surface area contributed by atoms with Crippen LogP contribution in [0.1, 0.15) is 19.3 Å². The van der Waals surface area contributed by atoms with Crippen molar-refractivity contribution in [2.24, 2.45) is 11.7 Å². The maximum absolute atomic E-state index is 13.5. The van der Waals surface area contributed by atoms with Crippen LogP contribution in [-0.4, -0.2) is 11.9 Å². The van der Waals surface area contributed by atoms with Crippen molar-refractivity contribution in [3.05, 3.63) is 28.5 Å². The summed E-state index contributed by atoms with van der Waals surface area (Å²) >= 11 is 3.17. The van der Waals surface area contributed by atoms with Gasteiger partial charge in [0.15, 0.2) is 0 Å². The number of hydrogen-bond acceptors (Lipinski definition) is 2. The molecule has 1 aromatic rings. The molecule has 0 aliphatic heterocycles. The number of hydrogen-bond donors (Lipinski definition) is 2. The molecule has 1 amide bonds. The highest BCUT2D eigenvalue weighted by Gasteiger charge is 2.28. The van der Waals surface area contributed by atoms with Gasteiger partial charge in [0, 0.05) is 16.4 Å². The van der Waals surface area contributed by atoms with E-state index in [9.17, 15) is 9.18 Å². The molecule has 1 aromatic carbocycles. The number of amides is 1. The third-order valence-electron chi connectivity index (χ3n) is 3.03. The summed E-state index contributed by atoms with van der Waals surface area (Å²) in [6.45, 7) is 0. The Labute approximate surface area is 108 Å². The van der Waals surface area contributed by atoms with Crippen LogP contribution < -0.4 is 11.1 Å². The van der Waals surface area contributed by atoms with Crippen molar-refractivity contribution in [2.75, 3.05) is 5.32 Å². The minimum atomic E-state index is -0.435. The minimum Gasteiger partial charge on any atom is -0.328 e.